The van der Waals surface area contributed by atoms with Crippen LogP contribution in [-0.4, -0.2) is 119 Å². The van der Waals surface area contributed by atoms with Gasteiger partial charge in [-0.2, -0.15) is 0 Å². The number of carbonyl (C=O) groups excluding carboxylic acids is 5. The molecule has 5 rings (SSSR count). The number of H-pyrrole nitrogens is 1. The highest BCUT2D eigenvalue weighted by Gasteiger charge is 2.47. The van der Waals surface area contributed by atoms with Crippen molar-refractivity contribution in [3.05, 3.63) is 92.6 Å². The van der Waals surface area contributed by atoms with E-state index < -0.39 is 90.4 Å². The molecular formula is C41H50N8O13. The van der Waals surface area contributed by atoms with E-state index in [1.807, 2.05) is 6.07 Å². The highest BCUT2D eigenvalue weighted by molar-refractivity contribution is 6.03. The van der Waals surface area contributed by atoms with Gasteiger partial charge < -0.3 is 61.7 Å². The zero-order valence-electron chi connectivity index (χ0n) is 34.0. The average molecular weight is 863 g/mol. The minimum absolute atomic E-state index is 0.0548. The van der Waals surface area contributed by atoms with Crippen LogP contribution < -0.4 is 37.7 Å². The van der Waals surface area contributed by atoms with Crippen LogP contribution in [0, 0.1) is 10.1 Å². The fourth-order valence-corrected chi connectivity index (χ4v) is 6.87. The number of hydrogen-bond donors (Lipinski definition) is 9. The molecule has 0 radical (unpaired) electrons. The lowest BCUT2D eigenvalue weighted by molar-refractivity contribution is -0.383. The number of non-ortho nitro benzene ring substituents is 1. The van der Waals surface area contributed by atoms with Gasteiger partial charge in [-0.25, -0.2) is 0 Å². The van der Waals surface area contributed by atoms with Crippen molar-refractivity contribution in [3.63, 3.8) is 0 Å². The molecule has 1 saturated heterocycles. The lowest BCUT2D eigenvalue weighted by atomic mass is 9.96. The number of nitrogens with zero attached hydrogens (tertiary/aromatic N) is 1. The second-order valence-corrected chi connectivity index (χ2v) is 14.6. The van der Waals surface area contributed by atoms with E-state index in [0.29, 0.717) is 23.0 Å². The maximum Gasteiger partial charge on any atom is 0.293 e. The third kappa shape index (κ3) is 12.1. The van der Waals surface area contributed by atoms with Gasteiger partial charge in [0.25, 0.3) is 5.69 Å². The van der Waals surface area contributed by atoms with Gasteiger partial charge in [0.15, 0.2) is 11.7 Å². The topological polar surface area (TPSA) is 316 Å². The number of nitrogens with two attached hydrogens (primary N) is 1. The van der Waals surface area contributed by atoms with Crippen LogP contribution in [0.25, 0.3) is 21.8 Å². The molecule has 0 aliphatic carbocycles. The van der Waals surface area contributed by atoms with Gasteiger partial charge in [0.1, 0.15) is 48.6 Å². The molecule has 1 aromatic heterocycles. The van der Waals surface area contributed by atoms with Crippen molar-refractivity contribution in [1.82, 2.24) is 26.3 Å². The molecule has 2 heterocycles. The van der Waals surface area contributed by atoms with E-state index in [4.69, 9.17) is 19.9 Å². The summed E-state index contributed by atoms with van der Waals surface area (Å²) in [6.45, 7) is 1.76. The van der Waals surface area contributed by atoms with E-state index in [1.165, 1.54) is 26.0 Å². The Morgan fingerprint density at radius 3 is 2.40 bits per heavy atom. The number of para-hydroxylation sites is 1. The molecule has 10 N–H and O–H groups in total. The first kappa shape index (κ1) is 46.5. The number of ether oxygens (including phenoxy) is 3. The Kier molecular flexibility index (Phi) is 16.4. The number of benzene rings is 3. The van der Waals surface area contributed by atoms with E-state index >= 15 is 0 Å². The van der Waals surface area contributed by atoms with Gasteiger partial charge >= 0.3 is 0 Å². The molecule has 0 spiro atoms. The molecule has 21 nitrogen and oxygen atoms in total. The highest BCUT2D eigenvalue weighted by atomic mass is 16.7. The van der Waals surface area contributed by atoms with Crippen LogP contribution >= 0.6 is 0 Å². The number of rotatable bonds is 21. The molecule has 0 saturated carbocycles. The lowest BCUT2D eigenvalue weighted by Crippen LogP contribution is -2.65. The Bertz CT molecular complexity index is 2310. The predicted molar refractivity (Wildman–Crippen MR) is 223 cm³/mol. The van der Waals surface area contributed by atoms with Crippen LogP contribution in [0.15, 0.2) is 71.5 Å². The van der Waals surface area contributed by atoms with Crippen molar-refractivity contribution in [1.29, 1.82) is 0 Å². The normalized spacial score (nSPS) is 19.5. The van der Waals surface area contributed by atoms with Gasteiger partial charge in [-0.15, -0.1) is 0 Å². The number of pyridine rings is 1. The summed E-state index contributed by atoms with van der Waals surface area (Å²) < 4.78 is 17.3. The highest BCUT2D eigenvalue weighted by Crippen LogP contribution is 2.30. The number of nitrogens with one attached hydrogen (secondary N) is 6. The number of fused-ring (bicyclic) bond motifs is 2. The number of nitro groups is 1. The number of hydrogen-bond acceptors (Lipinski definition) is 14. The summed E-state index contributed by atoms with van der Waals surface area (Å²) in [5, 5.41) is 46.3. The summed E-state index contributed by atoms with van der Waals surface area (Å²) in [5.41, 5.74) is 6.57. The number of aliphatic hydroxyl groups excluding tert-OH is 2. The van der Waals surface area contributed by atoms with Crippen molar-refractivity contribution in [2.75, 3.05) is 31.6 Å². The molecule has 62 heavy (non-hydrogen) atoms. The zero-order valence-corrected chi connectivity index (χ0v) is 34.0. The molecule has 21 heteroatoms. The van der Waals surface area contributed by atoms with Crippen LogP contribution in [0.1, 0.15) is 38.7 Å². The van der Waals surface area contributed by atoms with Gasteiger partial charge in [-0.3, -0.25) is 38.9 Å². The molecule has 1 aliphatic rings. The SMILES string of the molecule is CC(=O)NC1C(OCc2ccccc2)OC(CO)C(O)C1OCC(=O)N[C@@H](C)C(=O)N[C@H](CCC(=O)NCCCNc1ccc([N+](=O)[O-])c2[nH]c3ccccc3c(=O)c12)C(N)=O. The van der Waals surface area contributed by atoms with Crippen molar-refractivity contribution >= 4 is 62.7 Å². The summed E-state index contributed by atoms with van der Waals surface area (Å²) in [4.78, 5) is 90.3. The van der Waals surface area contributed by atoms with Crippen LogP contribution in [0.3, 0.4) is 0 Å². The first-order valence-electron chi connectivity index (χ1n) is 19.8. The molecule has 4 aromatic rings. The fraction of sp³-hybridized carbons (Fsp3) is 0.415. The Hall–Kier alpha value is -6.52. The minimum atomic E-state index is -1.50. The van der Waals surface area contributed by atoms with Gasteiger partial charge in [-0.05, 0) is 43.5 Å². The van der Waals surface area contributed by atoms with Crippen LogP contribution in [0.4, 0.5) is 11.4 Å². The largest absolute Gasteiger partial charge is 0.394 e. The Labute approximate surface area is 354 Å². The second kappa shape index (κ2) is 21.8. The summed E-state index contributed by atoms with van der Waals surface area (Å²) >= 11 is 0. The van der Waals surface area contributed by atoms with Gasteiger partial charge in [0, 0.05) is 49.1 Å². The van der Waals surface area contributed by atoms with Gasteiger partial charge in [0.2, 0.25) is 29.5 Å². The number of aromatic nitrogens is 1. The quantitative estimate of drug-likeness (QED) is 0.0230. The van der Waals surface area contributed by atoms with Crippen LogP contribution in [0.2, 0.25) is 0 Å². The number of amides is 5. The molecule has 1 aliphatic heterocycles. The average Bonchev–Trinajstić information content (AvgIpc) is 3.24. The van der Waals surface area contributed by atoms with Crippen molar-refractivity contribution in [3.8, 4) is 0 Å². The summed E-state index contributed by atoms with van der Waals surface area (Å²) in [5.74, 6) is -3.48. The van der Waals surface area contributed by atoms with E-state index in [0.717, 1.165) is 5.56 Å². The number of primary amides is 1. The Balaban J connectivity index is 1.07. The third-order valence-electron chi connectivity index (χ3n) is 10.0. The van der Waals surface area contributed by atoms with Crippen LogP contribution in [-0.2, 0) is 44.8 Å². The first-order valence-corrected chi connectivity index (χ1v) is 19.8. The second-order valence-electron chi connectivity index (χ2n) is 14.6. The smallest absolute Gasteiger partial charge is 0.293 e. The summed E-state index contributed by atoms with van der Waals surface area (Å²) in [6.07, 6.45) is -5.13. The fourth-order valence-electron chi connectivity index (χ4n) is 6.87. The van der Waals surface area contributed by atoms with Gasteiger partial charge in [0.05, 0.1) is 23.5 Å². The Morgan fingerprint density at radius 1 is 0.984 bits per heavy atom. The number of nitro benzene ring substituents is 1. The van der Waals surface area contributed by atoms with Crippen molar-refractivity contribution in [2.45, 2.75) is 82.4 Å². The number of aromatic amines is 1. The molecular weight excluding hydrogens is 812 g/mol. The standard InChI is InChI=1S/C41H50N8O13/c1-22(45-32(53)21-60-38-35(46-23(2)51)41(62-30(19-50)37(38)55)61-20-24-9-4-3-5-10-24)40(57)48-28(39(42)56)14-16-31(52)44-18-8-17-43-27-13-15-29(49(58)59)34-33(27)36(54)25-11-6-7-12-26(25)47-34/h3-7,9-13,15,22,28,30,35,37-38,41,43,50,55H,8,14,16-21H2,1-2H3,(H2,42,56)(H,44,52)(H,45,53)(H,46,51)(H,47,54)(H,48,57)/t22-,28+,30?,35?,37?,38?,41?/m0/s1. The summed E-state index contributed by atoms with van der Waals surface area (Å²) in [7, 11) is 0. The molecule has 0 bridgehead atoms. The van der Waals surface area contributed by atoms with E-state index in [1.54, 1.807) is 48.5 Å². The number of aliphatic hydroxyl groups is 2. The van der Waals surface area contributed by atoms with Crippen molar-refractivity contribution in [2.24, 2.45) is 5.73 Å². The molecule has 5 amide bonds. The molecule has 5 unspecified atom stereocenters. The molecule has 332 valence electrons. The van der Waals surface area contributed by atoms with E-state index in [-0.39, 0.29) is 54.6 Å². The lowest BCUT2D eigenvalue weighted by Gasteiger charge is -2.44. The van der Waals surface area contributed by atoms with Crippen LogP contribution in [0.5, 0.6) is 0 Å². The van der Waals surface area contributed by atoms with E-state index in [9.17, 15) is 49.1 Å². The Morgan fingerprint density at radius 2 is 1.71 bits per heavy atom. The zero-order chi connectivity index (χ0) is 44.9. The van der Waals surface area contributed by atoms with Gasteiger partial charge in [-0.1, -0.05) is 42.5 Å². The molecule has 1 fully saturated rings. The van der Waals surface area contributed by atoms with E-state index in [2.05, 4.69) is 31.6 Å². The third-order valence-corrected chi connectivity index (χ3v) is 10.0. The predicted octanol–water partition coefficient (Wildman–Crippen LogP) is -0.0525. The molecule has 3 aromatic carbocycles. The minimum Gasteiger partial charge on any atom is -0.394 e. The van der Waals surface area contributed by atoms with Crippen molar-refractivity contribution < 1.29 is 53.3 Å². The number of anilines is 1. The number of carbonyl (C=O) groups is 5. The molecule has 7 atom stereocenters. The summed E-state index contributed by atoms with van der Waals surface area (Å²) in [6, 6.07) is 14.9. The maximum absolute atomic E-state index is 13.3. The monoisotopic (exact) mass is 862 g/mol. The maximum atomic E-state index is 13.3. The first-order chi connectivity index (χ1) is 29.7.